The Hall–Kier alpha value is -4.68. The molecule has 0 aliphatic rings. The van der Waals surface area contributed by atoms with Crippen molar-refractivity contribution in [2.24, 2.45) is 0 Å². The van der Waals surface area contributed by atoms with E-state index in [0.717, 1.165) is 32.2 Å². The van der Waals surface area contributed by atoms with Gasteiger partial charge >= 0.3 is 0 Å². The van der Waals surface area contributed by atoms with Gasteiger partial charge in [0, 0.05) is 31.3 Å². The second-order valence-electron chi connectivity index (χ2n) is 10.7. The fraction of sp³-hybridized carbons (Fsp3) is 0. The molecular weight excluding hydrogens is 581 g/mol. The summed E-state index contributed by atoms with van der Waals surface area (Å²) in [6.45, 7) is 0. The van der Waals surface area contributed by atoms with Crippen LogP contribution in [0, 0.1) is 0 Å². The number of benzene rings is 6. The van der Waals surface area contributed by atoms with E-state index in [2.05, 4.69) is 133 Å². The highest BCUT2D eigenvalue weighted by Crippen LogP contribution is 2.42. The van der Waals surface area contributed by atoms with Gasteiger partial charge in [0.25, 0.3) is 0 Å². The van der Waals surface area contributed by atoms with E-state index in [1.165, 1.54) is 51.8 Å². The van der Waals surface area contributed by atoms with Crippen molar-refractivity contribution in [3.63, 3.8) is 0 Å². The Morgan fingerprint density at radius 3 is 1.12 bits per heavy atom. The summed E-state index contributed by atoms with van der Waals surface area (Å²) < 4.78 is 5.04. The molecule has 0 saturated heterocycles. The summed E-state index contributed by atoms with van der Waals surface area (Å²) in [6.07, 6.45) is 0. The molecule has 0 aliphatic carbocycles. The molecule has 3 aromatic heterocycles. The lowest BCUT2D eigenvalue weighted by Gasteiger charge is -2.02. The number of hydrogen-bond acceptors (Lipinski definition) is 5. The molecule has 43 heavy (non-hydrogen) atoms. The van der Waals surface area contributed by atoms with Gasteiger partial charge in [-0.05, 0) is 46.5 Å². The molecule has 0 spiro atoms. The van der Waals surface area contributed by atoms with Gasteiger partial charge in [-0.1, -0.05) is 109 Å². The van der Waals surface area contributed by atoms with E-state index in [4.69, 9.17) is 9.97 Å². The van der Waals surface area contributed by atoms with E-state index in [0.29, 0.717) is 0 Å². The van der Waals surface area contributed by atoms with Crippen molar-refractivity contribution in [1.82, 2.24) is 9.97 Å². The van der Waals surface area contributed by atoms with Gasteiger partial charge in [-0.3, -0.25) is 0 Å². The van der Waals surface area contributed by atoms with E-state index in [-0.39, 0.29) is 0 Å². The monoisotopic (exact) mass is 602 g/mol. The Labute approximate surface area is 260 Å². The van der Waals surface area contributed by atoms with E-state index in [1.807, 2.05) is 11.3 Å². The van der Waals surface area contributed by atoms with Gasteiger partial charge in [-0.15, -0.1) is 34.0 Å². The van der Waals surface area contributed by atoms with Crippen molar-refractivity contribution in [2.75, 3.05) is 0 Å². The minimum Gasteiger partial charge on any atom is -0.236 e. The van der Waals surface area contributed by atoms with Gasteiger partial charge in [0.2, 0.25) is 0 Å². The molecule has 0 bridgehead atoms. The zero-order chi connectivity index (χ0) is 28.3. The first kappa shape index (κ1) is 24.9. The first-order valence-electron chi connectivity index (χ1n) is 14.1. The third-order valence-electron chi connectivity index (χ3n) is 7.97. The fourth-order valence-corrected chi connectivity index (χ4v) is 9.02. The van der Waals surface area contributed by atoms with Crippen molar-refractivity contribution in [3.8, 4) is 43.4 Å². The average molecular weight is 603 g/mol. The van der Waals surface area contributed by atoms with Gasteiger partial charge in [0.05, 0.1) is 20.4 Å². The van der Waals surface area contributed by atoms with Crippen LogP contribution in [-0.2, 0) is 0 Å². The lowest BCUT2D eigenvalue weighted by Crippen LogP contribution is -1.79. The van der Waals surface area contributed by atoms with Crippen LogP contribution < -0.4 is 0 Å². The Bertz CT molecular complexity index is 2240. The first-order valence-corrected chi connectivity index (χ1v) is 16.6. The van der Waals surface area contributed by atoms with Gasteiger partial charge in [0.15, 0.2) is 0 Å². The Kier molecular flexibility index (Phi) is 5.76. The number of aromatic nitrogens is 2. The second kappa shape index (κ2) is 9.96. The first-order chi connectivity index (χ1) is 21.2. The summed E-state index contributed by atoms with van der Waals surface area (Å²) in [5, 5.41) is 4.63. The topological polar surface area (TPSA) is 25.8 Å². The maximum absolute atomic E-state index is 5.07. The summed E-state index contributed by atoms with van der Waals surface area (Å²) in [5.74, 6) is 0. The minimum absolute atomic E-state index is 1.05. The van der Waals surface area contributed by atoms with E-state index < -0.39 is 0 Å². The molecule has 3 heterocycles. The van der Waals surface area contributed by atoms with Crippen LogP contribution in [0.5, 0.6) is 0 Å². The lowest BCUT2D eigenvalue weighted by molar-refractivity contribution is 1.48. The standard InChI is InChI=1S/C38H22N2S3/c1-3-7-23(8-4-1)25-11-15-27(16-12-25)37-39-31-19-29-30-20-32-36(22-34(30)41-33(29)21-35(31)42-37)43-38(40-32)28-17-13-26(14-18-28)24-9-5-2-6-10-24/h1-22H. The summed E-state index contributed by atoms with van der Waals surface area (Å²) in [6, 6.07) is 47.7. The number of nitrogens with zero attached hydrogens (tertiary/aromatic N) is 2. The van der Waals surface area contributed by atoms with Crippen LogP contribution in [0.1, 0.15) is 0 Å². The van der Waals surface area contributed by atoms with Crippen molar-refractivity contribution >= 4 is 74.6 Å². The zero-order valence-corrected chi connectivity index (χ0v) is 25.3. The molecule has 5 heteroatoms. The molecule has 6 aromatic carbocycles. The Balaban J connectivity index is 1.07. The molecule has 0 aliphatic heterocycles. The van der Waals surface area contributed by atoms with Crippen LogP contribution in [0.25, 0.3) is 84.0 Å². The van der Waals surface area contributed by atoms with Gasteiger partial charge < -0.3 is 0 Å². The van der Waals surface area contributed by atoms with Gasteiger partial charge in [0.1, 0.15) is 10.0 Å². The fourth-order valence-electron chi connectivity index (χ4n) is 5.74. The molecule has 0 amide bonds. The highest BCUT2D eigenvalue weighted by Gasteiger charge is 2.15. The number of rotatable bonds is 4. The molecular formula is C38H22N2S3. The summed E-state index contributed by atoms with van der Waals surface area (Å²) >= 11 is 5.39. The predicted octanol–water partition coefficient (Wildman–Crippen LogP) is 11.9. The van der Waals surface area contributed by atoms with E-state index in [9.17, 15) is 0 Å². The van der Waals surface area contributed by atoms with Crippen LogP contribution in [0.15, 0.2) is 133 Å². The summed E-state index contributed by atoms with van der Waals surface area (Å²) in [7, 11) is 0. The van der Waals surface area contributed by atoms with Crippen molar-refractivity contribution in [1.29, 1.82) is 0 Å². The minimum atomic E-state index is 1.05. The molecule has 9 aromatic rings. The zero-order valence-electron chi connectivity index (χ0n) is 22.8. The van der Waals surface area contributed by atoms with Crippen molar-refractivity contribution in [2.45, 2.75) is 0 Å². The maximum Gasteiger partial charge on any atom is 0.124 e. The second-order valence-corrected chi connectivity index (χ2v) is 13.8. The normalized spacial score (nSPS) is 11.7. The molecule has 0 radical (unpaired) electrons. The van der Waals surface area contributed by atoms with Crippen LogP contribution in [-0.4, -0.2) is 9.97 Å². The quantitative estimate of drug-likeness (QED) is 0.200. The molecule has 0 unspecified atom stereocenters. The number of thiazole rings is 2. The Morgan fingerprint density at radius 2 is 0.698 bits per heavy atom. The third-order valence-corrected chi connectivity index (χ3v) is 11.2. The van der Waals surface area contributed by atoms with E-state index >= 15 is 0 Å². The largest absolute Gasteiger partial charge is 0.236 e. The molecule has 0 fully saturated rings. The number of fused-ring (bicyclic) bond motifs is 5. The SMILES string of the molecule is c1ccc(-c2ccc(-c3nc4cc5c(cc4s3)sc3cc4sc(-c6ccc(-c7ccccc7)cc6)nc4cc35)cc2)cc1. The van der Waals surface area contributed by atoms with Crippen molar-refractivity contribution in [3.05, 3.63) is 133 Å². The summed E-state index contributed by atoms with van der Waals surface area (Å²) in [5.41, 5.74) is 9.32. The number of thiophene rings is 1. The van der Waals surface area contributed by atoms with Gasteiger partial charge in [-0.2, -0.15) is 0 Å². The maximum atomic E-state index is 5.07. The lowest BCUT2D eigenvalue weighted by atomic mass is 10.0. The predicted molar refractivity (Wildman–Crippen MR) is 187 cm³/mol. The van der Waals surface area contributed by atoms with Crippen LogP contribution >= 0.6 is 34.0 Å². The van der Waals surface area contributed by atoms with Crippen molar-refractivity contribution < 1.29 is 0 Å². The van der Waals surface area contributed by atoms with E-state index in [1.54, 1.807) is 22.7 Å². The molecule has 2 nitrogen and oxygen atoms in total. The van der Waals surface area contributed by atoms with Crippen LogP contribution in [0.3, 0.4) is 0 Å². The van der Waals surface area contributed by atoms with Gasteiger partial charge in [-0.25, -0.2) is 9.97 Å². The molecule has 202 valence electrons. The average Bonchev–Trinajstić information content (AvgIpc) is 3.78. The van der Waals surface area contributed by atoms with Crippen LogP contribution in [0.2, 0.25) is 0 Å². The highest BCUT2D eigenvalue weighted by molar-refractivity contribution is 7.27. The molecule has 0 saturated carbocycles. The smallest absolute Gasteiger partial charge is 0.124 e. The Morgan fingerprint density at radius 1 is 0.326 bits per heavy atom. The highest BCUT2D eigenvalue weighted by atomic mass is 32.1. The van der Waals surface area contributed by atoms with Crippen LogP contribution in [0.4, 0.5) is 0 Å². The third kappa shape index (κ3) is 4.36. The molecule has 0 N–H and O–H groups in total. The number of hydrogen-bond donors (Lipinski definition) is 0. The molecule has 0 atom stereocenters. The molecule has 9 rings (SSSR count). The summed E-state index contributed by atoms with van der Waals surface area (Å²) in [4.78, 5) is 10.1.